The van der Waals surface area contributed by atoms with E-state index in [2.05, 4.69) is 43.0 Å². The molecule has 1 heterocycles. The van der Waals surface area contributed by atoms with E-state index in [-0.39, 0.29) is 6.04 Å². The number of nitrogens with two attached hydrogens (primary N) is 1. The van der Waals surface area contributed by atoms with Crippen LogP contribution in [0.15, 0.2) is 24.3 Å². The molecule has 2 N–H and O–H groups in total. The number of likely N-dealkylation sites (tertiary alicyclic amines) is 1. The predicted octanol–water partition coefficient (Wildman–Crippen LogP) is 3.65. The Morgan fingerprint density at radius 1 is 1.32 bits per heavy atom. The van der Waals surface area contributed by atoms with Crippen LogP contribution >= 0.6 is 0 Å². The van der Waals surface area contributed by atoms with E-state index in [1.165, 1.54) is 43.4 Å². The lowest BCUT2D eigenvalue weighted by atomic mass is 9.96. The molecule has 0 amide bonds. The number of piperidine rings is 1. The highest BCUT2D eigenvalue weighted by molar-refractivity contribution is 5.28. The minimum absolute atomic E-state index is 0.181. The Morgan fingerprint density at radius 3 is 2.84 bits per heavy atom. The van der Waals surface area contributed by atoms with Crippen LogP contribution in [0.25, 0.3) is 0 Å². The molecule has 19 heavy (non-hydrogen) atoms. The third-order valence-corrected chi connectivity index (χ3v) is 4.54. The Morgan fingerprint density at radius 2 is 2.11 bits per heavy atom. The van der Waals surface area contributed by atoms with Gasteiger partial charge >= 0.3 is 0 Å². The van der Waals surface area contributed by atoms with Crippen LogP contribution in [0.3, 0.4) is 0 Å². The molecule has 106 valence electrons. The summed E-state index contributed by atoms with van der Waals surface area (Å²) < 4.78 is 0. The summed E-state index contributed by atoms with van der Waals surface area (Å²) in [6.07, 6.45) is 6.48. The molecule has 2 nitrogen and oxygen atoms in total. The van der Waals surface area contributed by atoms with Crippen molar-refractivity contribution >= 4 is 0 Å². The first-order valence-corrected chi connectivity index (χ1v) is 7.77. The van der Waals surface area contributed by atoms with Crippen molar-refractivity contribution in [2.75, 3.05) is 13.1 Å². The fourth-order valence-electron chi connectivity index (χ4n) is 3.28. The molecule has 0 bridgehead atoms. The predicted molar refractivity (Wildman–Crippen MR) is 82.2 cm³/mol. The molecule has 2 rings (SSSR count). The van der Waals surface area contributed by atoms with E-state index >= 15 is 0 Å². The molecular weight excluding hydrogens is 232 g/mol. The average Bonchev–Trinajstić information content (AvgIpc) is 2.45. The Labute approximate surface area is 118 Å². The van der Waals surface area contributed by atoms with Crippen LogP contribution in [0.4, 0.5) is 0 Å². The maximum atomic E-state index is 6.37. The van der Waals surface area contributed by atoms with E-state index in [0.717, 1.165) is 19.0 Å². The van der Waals surface area contributed by atoms with E-state index in [1.54, 1.807) is 0 Å². The van der Waals surface area contributed by atoms with E-state index in [9.17, 15) is 0 Å². The molecule has 0 aromatic heterocycles. The molecule has 1 aliphatic heterocycles. The van der Waals surface area contributed by atoms with Crippen molar-refractivity contribution in [3.63, 3.8) is 0 Å². The summed E-state index contributed by atoms with van der Waals surface area (Å²) in [5.74, 6) is 0. The van der Waals surface area contributed by atoms with Gasteiger partial charge < -0.3 is 10.6 Å². The first-order valence-electron chi connectivity index (χ1n) is 7.77. The molecule has 2 unspecified atom stereocenters. The lowest BCUT2D eigenvalue weighted by Gasteiger charge is -2.35. The zero-order valence-electron chi connectivity index (χ0n) is 12.4. The fraction of sp³-hybridized carbons (Fsp3) is 0.647. The smallest absolute Gasteiger partial charge is 0.0309 e. The monoisotopic (exact) mass is 260 g/mol. The van der Waals surface area contributed by atoms with Crippen LogP contribution in [0.5, 0.6) is 0 Å². The van der Waals surface area contributed by atoms with Gasteiger partial charge in [-0.3, -0.25) is 0 Å². The second-order valence-corrected chi connectivity index (χ2v) is 5.85. The van der Waals surface area contributed by atoms with Crippen LogP contribution in [0.2, 0.25) is 0 Å². The van der Waals surface area contributed by atoms with Gasteiger partial charge in [0.25, 0.3) is 0 Å². The van der Waals surface area contributed by atoms with Crippen molar-refractivity contribution < 1.29 is 0 Å². The minimum Gasteiger partial charge on any atom is -0.324 e. The van der Waals surface area contributed by atoms with Gasteiger partial charge in [-0.05, 0) is 50.3 Å². The van der Waals surface area contributed by atoms with E-state index in [4.69, 9.17) is 5.73 Å². The van der Waals surface area contributed by atoms with E-state index in [1.807, 2.05) is 0 Å². The minimum atomic E-state index is 0.181. The Balaban J connectivity index is 1.89. The third kappa shape index (κ3) is 3.80. The highest BCUT2D eigenvalue weighted by atomic mass is 15.2. The van der Waals surface area contributed by atoms with Gasteiger partial charge in [-0.15, -0.1) is 0 Å². The van der Waals surface area contributed by atoms with Gasteiger partial charge in [-0.1, -0.05) is 37.6 Å². The SMILES string of the molecule is CCC1CCCCN1CCC(N)c1ccccc1C. The Hall–Kier alpha value is -0.860. The lowest BCUT2D eigenvalue weighted by Crippen LogP contribution is -2.40. The summed E-state index contributed by atoms with van der Waals surface area (Å²) in [5.41, 5.74) is 9.01. The summed E-state index contributed by atoms with van der Waals surface area (Å²) in [7, 11) is 0. The van der Waals surface area contributed by atoms with Gasteiger partial charge in [0.05, 0.1) is 0 Å². The molecule has 0 aliphatic carbocycles. The maximum Gasteiger partial charge on any atom is 0.0309 e. The normalized spacial score (nSPS) is 22.4. The van der Waals surface area contributed by atoms with Crippen molar-refractivity contribution in [1.82, 2.24) is 4.90 Å². The van der Waals surface area contributed by atoms with Gasteiger partial charge in [0, 0.05) is 18.6 Å². The first-order chi connectivity index (χ1) is 9.22. The zero-order chi connectivity index (χ0) is 13.7. The van der Waals surface area contributed by atoms with Crippen molar-refractivity contribution in [1.29, 1.82) is 0 Å². The van der Waals surface area contributed by atoms with Gasteiger partial charge in [0.2, 0.25) is 0 Å². The highest BCUT2D eigenvalue weighted by Gasteiger charge is 2.21. The summed E-state index contributed by atoms with van der Waals surface area (Å²) in [5, 5.41) is 0. The molecule has 0 radical (unpaired) electrons. The molecule has 0 saturated carbocycles. The first kappa shape index (κ1) is 14.5. The van der Waals surface area contributed by atoms with Crippen molar-refractivity contribution in [3.05, 3.63) is 35.4 Å². The molecular formula is C17H28N2. The number of rotatable bonds is 5. The number of hydrogen-bond donors (Lipinski definition) is 1. The van der Waals surface area contributed by atoms with Crippen molar-refractivity contribution in [3.8, 4) is 0 Å². The summed E-state index contributed by atoms with van der Waals surface area (Å²) >= 11 is 0. The van der Waals surface area contributed by atoms with E-state index in [0.29, 0.717) is 0 Å². The van der Waals surface area contributed by atoms with Gasteiger partial charge in [0.1, 0.15) is 0 Å². The van der Waals surface area contributed by atoms with Crippen LogP contribution in [0, 0.1) is 6.92 Å². The van der Waals surface area contributed by atoms with Crippen molar-refractivity contribution in [2.45, 2.75) is 58.0 Å². The Bertz CT molecular complexity index is 389. The quantitative estimate of drug-likeness (QED) is 0.875. The largest absolute Gasteiger partial charge is 0.324 e. The molecule has 0 spiro atoms. The third-order valence-electron chi connectivity index (χ3n) is 4.54. The Kier molecular flexibility index (Phi) is 5.41. The molecule has 2 atom stereocenters. The fourth-order valence-corrected chi connectivity index (χ4v) is 3.28. The summed E-state index contributed by atoms with van der Waals surface area (Å²) in [6, 6.07) is 9.48. The van der Waals surface area contributed by atoms with E-state index < -0.39 is 0 Å². The molecule has 1 aliphatic rings. The summed E-state index contributed by atoms with van der Waals surface area (Å²) in [4.78, 5) is 2.65. The molecule has 2 heteroatoms. The maximum absolute atomic E-state index is 6.37. The summed E-state index contributed by atoms with van der Waals surface area (Å²) in [6.45, 7) is 6.88. The molecule has 1 aromatic rings. The number of benzene rings is 1. The number of aryl methyl sites for hydroxylation is 1. The highest BCUT2D eigenvalue weighted by Crippen LogP contribution is 2.23. The van der Waals surface area contributed by atoms with Gasteiger partial charge in [-0.2, -0.15) is 0 Å². The lowest BCUT2D eigenvalue weighted by molar-refractivity contribution is 0.139. The average molecular weight is 260 g/mol. The number of nitrogens with zero attached hydrogens (tertiary/aromatic N) is 1. The van der Waals surface area contributed by atoms with Crippen LogP contribution in [-0.4, -0.2) is 24.0 Å². The second kappa shape index (κ2) is 7.06. The molecule has 1 aromatic carbocycles. The van der Waals surface area contributed by atoms with Crippen LogP contribution in [0.1, 0.15) is 56.2 Å². The van der Waals surface area contributed by atoms with Crippen LogP contribution < -0.4 is 5.73 Å². The molecule has 1 saturated heterocycles. The van der Waals surface area contributed by atoms with Gasteiger partial charge in [-0.25, -0.2) is 0 Å². The zero-order valence-corrected chi connectivity index (χ0v) is 12.4. The van der Waals surface area contributed by atoms with Crippen LogP contribution in [-0.2, 0) is 0 Å². The van der Waals surface area contributed by atoms with Crippen molar-refractivity contribution in [2.24, 2.45) is 5.73 Å². The second-order valence-electron chi connectivity index (χ2n) is 5.85. The number of hydrogen-bond acceptors (Lipinski definition) is 2. The van der Waals surface area contributed by atoms with Gasteiger partial charge in [0.15, 0.2) is 0 Å². The standard InChI is InChI=1S/C17H28N2/c1-3-15-9-6-7-12-19(15)13-11-17(18)16-10-5-4-8-14(16)2/h4-5,8,10,15,17H,3,6-7,9,11-13,18H2,1-2H3. The molecule has 1 fully saturated rings. The topological polar surface area (TPSA) is 29.3 Å².